The Hall–Kier alpha value is 0. The van der Waals surface area contributed by atoms with Crippen molar-refractivity contribution in [1.29, 1.82) is 0 Å². The van der Waals surface area contributed by atoms with Crippen molar-refractivity contribution in [2.24, 2.45) is 10.8 Å². The van der Waals surface area contributed by atoms with Crippen molar-refractivity contribution in [2.75, 3.05) is 0 Å². The molecule has 0 spiro atoms. The third-order valence-electron chi connectivity index (χ3n) is 2.08. The standard InChI is InChI=1S/C11H23/c1-9(11(5,6)7)8-10(2,3)4/h8H2,1-7H3. The third kappa shape index (κ3) is 5.29. The van der Waals surface area contributed by atoms with Crippen LogP contribution in [0, 0.1) is 16.7 Å². The quantitative estimate of drug-likeness (QED) is 0.535. The summed E-state index contributed by atoms with van der Waals surface area (Å²) in [5, 5.41) is 0. The Balaban J connectivity index is 3.99. The van der Waals surface area contributed by atoms with Gasteiger partial charge < -0.3 is 0 Å². The molecule has 0 aromatic heterocycles. The van der Waals surface area contributed by atoms with E-state index in [0.717, 1.165) is 0 Å². The first-order chi connectivity index (χ1) is 4.63. The van der Waals surface area contributed by atoms with Gasteiger partial charge in [-0.1, -0.05) is 48.5 Å². The summed E-state index contributed by atoms with van der Waals surface area (Å²) >= 11 is 0. The Labute approximate surface area is 72.4 Å². The highest BCUT2D eigenvalue weighted by Crippen LogP contribution is 2.36. The predicted molar refractivity (Wildman–Crippen MR) is 52.4 cm³/mol. The molecule has 0 bridgehead atoms. The molecule has 0 aliphatic carbocycles. The summed E-state index contributed by atoms with van der Waals surface area (Å²) in [5.41, 5.74) is 0.824. The second-order valence-corrected chi connectivity index (χ2v) is 5.77. The summed E-state index contributed by atoms with van der Waals surface area (Å²) in [4.78, 5) is 0. The third-order valence-corrected chi connectivity index (χ3v) is 2.08. The lowest BCUT2D eigenvalue weighted by Gasteiger charge is -2.32. The number of rotatable bonds is 1. The van der Waals surface area contributed by atoms with Crippen molar-refractivity contribution >= 4 is 0 Å². The molecule has 1 radical (unpaired) electrons. The van der Waals surface area contributed by atoms with Gasteiger partial charge in [0.1, 0.15) is 0 Å². The van der Waals surface area contributed by atoms with E-state index in [0.29, 0.717) is 10.8 Å². The summed E-state index contributed by atoms with van der Waals surface area (Å²) in [6.07, 6.45) is 1.23. The smallest absolute Gasteiger partial charge is 0.0213 e. The maximum Gasteiger partial charge on any atom is -0.0213 e. The van der Waals surface area contributed by atoms with E-state index < -0.39 is 0 Å². The fourth-order valence-electron chi connectivity index (χ4n) is 1.06. The molecular formula is C11H23. The molecule has 0 heteroatoms. The molecule has 0 aliphatic rings. The van der Waals surface area contributed by atoms with Gasteiger partial charge in [-0.3, -0.25) is 0 Å². The molecule has 0 nitrogen and oxygen atoms in total. The summed E-state index contributed by atoms with van der Waals surface area (Å²) in [6.45, 7) is 16.0. The Kier molecular flexibility index (Phi) is 3.16. The minimum Gasteiger partial charge on any atom is -0.0602 e. The summed E-state index contributed by atoms with van der Waals surface area (Å²) in [6, 6.07) is 0. The molecule has 0 fully saturated rings. The zero-order valence-corrected chi connectivity index (χ0v) is 9.21. The van der Waals surface area contributed by atoms with Gasteiger partial charge in [-0.15, -0.1) is 0 Å². The van der Waals surface area contributed by atoms with Crippen LogP contribution < -0.4 is 0 Å². The highest BCUT2D eigenvalue weighted by atomic mass is 14.3. The second kappa shape index (κ2) is 3.16. The van der Waals surface area contributed by atoms with Gasteiger partial charge in [-0.25, -0.2) is 0 Å². The van der Waals surface area contributed by atoms with Crippen molar-refractivity contribution in [1.82, 2.24) is 0 Å². The average molecular weight is 155 g/mol. The molecule has 11 heavy (non-hydrogen) atoms. The van der Waals surface area contributed by atoms with Crippen molar-refractivity contribution < 1.29 is 0 Å². The van der Waals surface area contributed by atoms with Gasteiger partial charge in [0.2, 0.25) is 0 Å². The SMILES string of the molecule is C[C](CC(C)(C)C)C(C)(C)C. The molecule has 0 saturated heterocycles. The van der Waals surface area contributed by atoms with Crippen LogP contribution in [0.5, 0.6) is 0 Å². The van der Waals surface area contributed by atoms with Gasteiger partial charge in [0.15, 0.2) is 0 Å². The molecule has 0 N–H and O–H groups in total. The van der Waals surface area contributed by atoms with Gasteiger partial charge in [0.25, 0.3) is 0 Å². The van der Waals surface area contributed by atoms with Crippen LogP contribution >= 0.6 is 0 Å². The first-order valence-electron chi connectivity index (χ1n) is 4.46. The zero-order valence-electron chi connectivity index (χ0n) is 9.21. The highest BCUT2D eigenvalue weighted by molar-refractivity contribution is 4.98. The molecule has 0 amide bonds. The van der Waals surface area contributed by atoms with E-state index in [-0.39, 0.29) is 0 Å². The second-order valence-electron chi connectivity index (χ2n) is 5.77. The van der Waals surface area contributed by atoms with Crippen LogP contribution in [0.1, 0.15) is 54.9 Å². The van der Waals surface area contributed by atoms with E-state index in [1.54, 1.807) is 5.92 Å². The Bertz CT molecular complexity index is 109. The molecule has 0 unspecified atom stereocenters. The molecule has 0 aliphatic heterocycles. The topological polar surface area (TPSA) is 0 Å². The van der Waals surface area contributed by atoms with E-state index in [1.807, 2.05) is 0 Å². The van der Waals surface area contributed by atoms with E-state index in [4.69, 9.17) is 0 Å². The first kappa shape index (κ1) is 11.0. The van der Waals surface area contributed by atoms with Gasteiger partial charge in [0, 0.05) is 0 Å². The molecule has 0 saturated carbocycles. The van der Waals surface area contributed by atoms with Crippen LogP contribution in [0.25, 0.3) is 0 Å². The fraction of sp³-hybridized carbons (Fsp3) is 0.909. The van der Waals surface area contributed by atoms with Crippen LogP contribution in [0.4, 0.5) is 0 Å². The largest absolute Gasteiger partial charge is 0.0602 e. The Morgan fingerprint density at radius 1 is 0.909 bits per heavy atom. The van der Waals surface area contributed by atoms with Crippen LogP contribution in [0.3, 0.4) is 0 Å². The lowest BCUT2D eigenvalue weighted by atomic mass is 9.73. The normalized spacial score (nSPS) is 14.2. The van der Waals surface area contributed by atoms with E-state index in [1.165, 1.54) is 6.42 Å². The molecule has 0 aromatic carbocycles. The van der Waals surface area contributed by atoms with Crippen LogP contribution in [-0.2, 0) is 0 Å². The molecule has 0 atom stereocenters. The van der Waals surface area contributed by atoms with E-state index >= 15 is 0 Å². The van der Waals surface area contributed by atoms with Crippen molar-refractivity contribution in [3.63, 3.8) is 0 Å². The van der Waals surface area contributed by atoms with Gasteiger partial charge in [0.05, 0.1) is 0 Å². The van der Waals surface area contributed by atoms with Crippen LogP contribution in [-0.4, -0.2) is 0 Å². The van der Waals surface area contributed by atoms with Crippen molar-refractivity contribution in [3.05, 3.63) is 5.92 Å². The predicted octanol–water partition coefficient (Wildman–Crippen LogP) is 4.06. The van der Waals surface area contributed by atoms with E-state index in [2.05, 4.69) is 48.5 Å². The lowest BCUT2D eigenvalue weighted by molar-refractivity contribution is 0.311. The van der Waals surface area contributed by atoms with Crippen molar-refractivity contribution in [2.45, 2.75) is 54.9 Å². The average Bonchev–Trinajstić information content (AvgIpc) is 1.56. The number of hydrogen-bond acceptors (Lipinski definition) is 0. The Morgan fingerprint density at radius 3 is 1.36 bits per heavy atom. The zero-order chi connectivity index (χ0) is 9.28. The van der Waals surface area contributed by atoms with Gasteiger partial charge in [-0.05, 0) is 23.2 Å². The van der Waals surface area contributed by atoms with Crippen molar-refractivity contribution in [3.8, 4) is 0 Å². The monoisotopic (exact) mass is 155 g/mol. The van der Waals surface area contributed by atoms with Crippen LogP contribution in [0.2, 0.25) is 0 Å². The van der Waals surface area contributed by atoms with Crippen LogP contribution in [0.15, 0.2) is 0 Å². The first-order valence-corrected chi connectivity index (χ1v) is 4.46. The molecule has 0 heterocycles. The molecular weight excluding hydrogens is 132 g/mol. The fourth-order valence-corrected chi connectivity index (χ4v) is 1.06. The highest BCUT2D eigenvalue weighted by Gasteiger charge is 2.25. The number of hydrogen-bond donors (Lipinski definition) is 0. The lowest BCUT2D eigenvalue weighted by Crippen LogP contribution is -2.20. The summed E-state index contributed by atoms with van der Waals surface area (Å²) in [7, 11) is 0. The van der Waals surface area contributed by atoms with Gasteiger partial charge >= 0.3 is 0 Å². The summed E-state index contributed by atoms with van der Waals surface area (Å²) < 4.78 is 0. The molecule has 67 valence electrons. The Morgan fingerprint density at radius 2 is 1.27 bits per heavy atom. The maximum atomic E-state index is 2.29. The molecule has 0 rings (SSSR count). The minimum atomic E-state index is 0.382. The summed E-state index contributed by atoms with van der Waals surface area (Å²) in [5.74, 6) is 1.60. The minimum absolute atomic E-state index is 0.382. The van der Waals surface area contributed by atoms with Gasteiger partial charge in [-0.2, -0.15) is 0 Å². The van der Waals surface area contributed by atoms with E-state index in [9.17, 15) is 0 Å². The molecule has 0 aromatic rings. The maximum absolute atomic E-state index is 2.29.